The fraction of sp³-hybridized carbons (Fsp3) is 0.429. The molecule has 0 atom stereocenters. The summed E-state index contributed by atoms with van der Waals surface area (Å²) in [5.41, 5.74) is 0.467. The van der Waals surface area contributed by atoms with Crippen LogP contribution in [0.25, 0.3) is 0 Å². The van der Waals surface area contributed by atoms with E-state index in [2.05, 4.69) is 9.47 Å². The molecule has 0 saturated carbocycles. The molecule has 0 bridgehead atoms. The number of esters is 2. The van der Waals surface area contributed by atoms with Gasteiger partial charge in [0.05, 0.1) is 32.0 Å². The monoisotopic (exact) mass is 282 g/mol. The van der Waals surface area contributed by atoms with E-state index in [-0.39, 0.29) is 11.1 Å². The molecular weight excluding hydrogens is 264 g/mol. The first-order chi connectivity index (χ1) is 9.62. The van der Waals surface area contributed by atoms with Gasteiger partial charge in [0.15, 0.2) is 0 Å². The number of carbonyl (C=O) groups is 2. The standard InChI is InChI=1S/C14H18O6/c1-17-5-4-6-20-12-8-10(13(15)18-2)7-11(9-12)14(16)19-3/h7-9H,4-6H2,1-3H3. The second kappa shape index (κ2) is 8.16. The van der Waals surface area contributed by atoms with Crippen LogP contribution in [0, 0.1) is 0 Å². The van der Waals surface area contributed by atoms with E-state index in [0.717, 1.165) is 0 Å². The highest BCUT2D eigenvalue weighted by atomic mass is 16.5. The first-order valence-corrected chi connectivity index (χ1v) is 6.05. The first kappa shape index (κ1) is 16.0. The second-order valence-corrected chi connectivity index (χ2v) is 3.92. The Hall–Kier alpha value is -2.08. The molecule has 0 heterocycles. The van der Waals surface area contributed by atoms with Gasteiger partial charge in [0.25, 0.3) is 0 Å². The highest BCUT2D eigenvalue weighted by Gasteiger charge is 2.14. The lowest BCUT2D eigenvalue weighted by Gasteiger charge is -2.09. The largest absolute Gasteiger partial charge is 0.493 e. The summed E-state index contributed by atoms with van der Waals surface area (Å²) >= 11 is 0. The summed E-state index contributed by atoms with van der Waals surface area (Å²) in [7, 11) is 4.14. The van der Waals surface area contributed by atoms with Crippen molar-refractivity contribution in [3.63, 3.8) is 0 Å². The topological polar surface area (TPSA) is 71.1 Å². The van der Waals surface area contributed by atoms with Crippen molar-refractivity contribution >= 4 is 11.9 Å². The van der Waals surface area contributed by atoms with Crippen LogP contribution in [-0.4, -0.2) is 46.5 Å². The quantitative estimate of drug-likeness (QED) is 0.559. The molecule has 0 aliphatic heterocycles. The predicted molar refractivity (Wildman–Crippen MR) is 71.1 cm³/mol. The minimum Gasteiger partial charge on any atom is -0.493 e. The first-order valence-electron chi connectivity index (χ1n) is 6.05. The van der Waals surface area contributed by atoms with E-state index in [1.54, 1.807) is 7.11 Å². The molecule has 110 valence electrons. The van der Waals surface area contributed by atoms with E-state index in [1.165, 1.54) is 32.4 Å². The van der Waals surface area contributed by atoms with Gasteiger partial charge in [-0.2, -0.15) is 0 Å². The average molecular weight is 282 g/mol. The van der Waals surface area contributed by atoms with Gasteiger partial charge in [0.1, 0.15) is 5.75 Å². The summed E-state index contributed by atoms with van der Waals surface area (Å²) in [6, 6.07) is 4.44. The lowest BCUT2D eigenvalue weighted by atomic mass is 10.1. The predicted octanol–water partition coefficient (Wildman–Crippen LogP) is 1.68. The Kier molecular flexibility index (Phi) is 6.52. The molecule has 0 aromatic heterocycles. The Morgan fingerprint density at radius 3 is 1.90 bits per heavy atom. The maximum Gasteiger partial charge on any atom is 0.338 e. The highest BCUT2D eigenvalue weighted by Crippen LogP contribution is 2.19. The molecule has 0 amide bonds. The van der Waals surface area contributed by atoms with E-state index in [0.29, 0.717) is 25.4 Å². The van der Waals surface area contributed by atoms with Crippen molar-refractivity contribution in [3.8, 4) is 5.75 Å². The van der Waals surface area contributed by atoms with E-state index in [9.17, 15) is 9.59 Å². The van der Waals surface area contributed by atoms with E-state index < -0.39 is 11.9 Å². The van der Waals surface area contributed by atoms with Crippen molar-refractivity contribution in [3.05, 3.63) is 29.3 Å². The summed E-state index contributed by atoms with van der Waals surface area (Å²) < 4.78 is 19.7. The van der Waals surface area contributed by atoms with Crippen LogP contribution in [0.5, 0.6) is 5.75 Å². The Morgan fingerprint density at radius 1 is 0.900 bits per heavy atom. The number of rotatable bonds is 7. The molecule has 0 unspecified atom stereocenters. The Labute approximate surface area is 117 Å². The highest BCUT2D eigenvalue weighted by molar-refractivity contribution is 5.96. The average Bonchev–Trinajstić information content (AvgIpc) is 2.49. The van der Waals surface area contributed by atoms with Crippen LogP contribution >= 0.6 is 0 Å². The number of methoxy groups -OCH3 is 3. The van der Waals surface area contributed by atoms with Gasteiger partial charge in [-0.15, -0.1) is 0 Å². The van der Waals surface area contributed by atoms with Gasteiger partial charge in [-0.25, -0.2) is 9.59 Å². The summed E-state index contributed by atoms with van der Waals surface area (Å²) in [6.45, 7) is 0.986. The molecule has 6 nitrogen and oxygen atoms in total. The molecule has 0 N–H and O–H groups in total. The lowest BCUT2D eigenvalue weighted by Crippen LogP contribution is -2.08. The fourth-order valence-electron chi connectivity index (χ4n) is 1.55. The molecule has 0 fully saturated rings. The number of hydrogen-bond donors (Lipinski definition) is 0. The van der Waals surface area contributed by atoms with E-state index >= 15 is 0 Å². The van der Waals surface area contributed by atoms with Crippen molar-refractivity contribution in [2.75, 3.05) is 34.5 Å². The molecule has 0 radical (unpaired) electrons. The molecular formula is C14H18O6. The maximum absolute atomic E-state index is 11.6. The Morgan fingerprint density at radius 2 is 1.45 bits per heavy atom. The maximum atomic E-state index is 11.6. The molecule has 0 aliphatic carbocycles. The second-order valence-electron chi connectivity index (χ2n) is 3.92. The van der Waals surface area contributed by atoms with Crippen LogP contribution in [0.3, 0.4) is 0 Å². The number of ether oxygens (including phenoxy) is 4. The van der Waals surface area contributed by atoms with Gasteiger partial charge >= 0.3 is 11.9 Å². The van der Waals surface area contributed by atoms with Crippen LogP contribution in [0.2, 0.25) is 0 Å². The van der Waals surface area contributed by atoms with Crippen LogP contribution in [0.1, 0.15) is 27.1 Å². The molecule has 0 aliphatic rings. The van der Waals surface area contributed by atoms with Crippen LogP contribution in [-0.2, 0) is 14.2 Å². The summed E-state index contributed by atoms with van der Waals surface area (Å²) in [4.78, 5) is 23.1. The number of benzene rings is 1. The molecule has 1 rings (SSSR count). The van der Waals surface area contributed by atoms with Crippen molar-refractivity contribution < 1.29 is 28.5 Å². The molecule has 0 saturated heterocycles. The summed E-state index contributed by atoms with van der Waals surface area (Å²) in [5.74, 6) is -0.681. The lowest BCUT2D eigenvalue weighted by molar-refractivity contribution is 0.0598. The summed E-state index contributed by atoms with van der Waals surface area (Å²) in [5, 5.41) is 0. The molecule has 0 spiro atoms. The van der Waals surface area contributed by atoms with Crippen LogP contribution in [0.4, 0.5) is 0 Å². The van der Waals surface area contributed by atoms with Gasteiger partial charge < -0.3 is 18.9 Å². The third-order valence-electron chi connectivity index (χ3n) is 2.51. The van der Waals surface area contributed by atoms with Crippen LogP contribution in [0.15, 0.2) is 18.2 Å². The fourth-order valence-corrected chi connectivity index (χ4v) is 1.55. The van der Waals surface area contributed by atoms with Gasteiger partial charge in [-0.05, 0) is 18.2 Å². The Balaban J connectivity index is 2.91. The zero-order valence-electron chi connectivity index (χ0n) is 11.8. The zero-order chi connectivity index (χ0) is 15.0. The van der Waals surface area contributed by atoms with Crippen molar-refractivity contribution in [1.29, 1.82) is 0 Å². The zero-order valence-corrected chi connectivity index (χ0v) is 11.8. The van der Waals surface area contributed by atoms with E-state index in [1.807, 2.05) is 0 Å². The van der Waals surface area contributed by atoms with Gasteiger partial charge in [-0.3, -0.25) is 0 Å². The number of hydrogen-bond acceptors (Lipinski definition) is 6. The minimum atomic E-state index is -0.544. The summed E-state index contributed by atoms with van der Waals surface area (Å²) in [6.07, 6.45) is 0.701. The normalized spacial score (nSPS) is 9.95. The van der Waals surface area contributed by atoms with E-state index in [4.69, 9.17) is 9.47 Å². The third kappa shape index (κ3) is 4.55. The third-order valence-corrected chi connectivity index (χ3v) is 2.51. The van der Waals surface area contributed by atoms with Gasteiger partial charge in [-0.1, -0.05) is 0 Å². The molecule has 6 heteroatoms. The van der Waals surface area contributed by atoms with Crippen molar-refractivity contribution in [2.45, 2.75) is 6.42 Å². The van der Waals surface area contributed by atoms with Gasteiger partial charge in [0.2, 0.25) is 0 Å². The van der Waals surface area contributed by atoms with Gasteiger partial charge in [0, 0.05) is 20.1 Å². The molecule has 1 aromatic carbocycles. The smallest absolute Gasteiger partial charge is 0.338 e. The number of carbonyl (C=O) groups excluding carboxylic acids is 2. The Bertz CT molecular complexity index is 434. The molecule has 1 aromatic rings. The van der Waals surface area contributed by atoms with Crippen LogP contribution < -0.4 is 4.74 Å². The van der Waals surface area contributed by atoms with Crippen molar-refractivity contribution in [1.82, 2.24) is 0 Å². The SMILES string of the molecule is COCCCOc1cc(C(=O)OC)cc(C(=O)OC)c1. The van der Waals surface area contributed by atoms with Crippen molar-refractivity contribution in [2.24, 2.45) is 0 Å². The minimum absolute atomic E-state index is 0.233. The molecule has 20 heavy (non-hydrogen) atoms.